The van der Waals surface area contributed by atoms with E-state index in [1.54, 1.807) is 12.3 Å². The number of nitrogens with one attached hydrogen (secondary N) is 1. The van der Waals surface area contributed by atoms with Gasteiger partial charge in [0.1, 0.15) is 11.8 Å². The number of aliphatic hydroxyl groups excluding tert-OH is 1. The lowest BCUT2D eigenvalue weighted by molar-refractivity contribution is 0.219. The van der Waals surface area contributed by atoms with E-state index in [0.717, 1.165) is 4.88 Å². The molecule has 0 fully saturated rings. The van der Waals surface area contributed by atoms with Crippen LogP contribution in [0.15, 0.2) is 18.5 Å². The summed E-state index contributed by atoms with van der Waals surface area (Å²) in [4.78, 5) is 0.768. The maximum Gasteiger partial charge on any atom is 0.135 e. The maximum atomic E-state index is 9.62. The zero-order valence-corrected chi connectivity index (χ0v) is 6.82. The molecule has 0 aromatic carbocycles. The SMILES string of the molecule is OC(c1cn[nH]n1)c1ccns1. The van der Waals surface area contributed by atoms with Crippen LogP contribution in [0.4, 0.5) is 0 Å². The molecule has 0 bridgehead atoms. The minimum atomic E-state index is -0.712. The highest BCUT2D eigenvalue weighted by Crippen LogP contribution is 2.21. The monoisotopic (exact) mass is 182 g/mol. The van der Waals surface area contributed by atoms with Gasteiger partial charge in [-0.15, -0.1) is 0 Å². The van der Waals surface area contributed by atoms with Crippen molar-refractivity contribution < 1.29 is 5.11 Å². The van der Waals surface area contributed by atoms with Crippen molar-refractivity contribution in [2.45, 2.75) is 6.10 Å². The first-order valence-electron chi connectivity index (χ1n) is 3.32. The summed E-state index contributed by atoms with van der Waals surface area (Å²) in [5.74, 6) is 0. The average molecular weight is 182 g/mol. The van der Waals surface area contributed by atoms with Gasteiger partial charge in [-0.05, 0) is 17.6 Å². The number of hydrogen-bond acceptors (Lipinski definition) is 5. The Hall–Kier alpha value is -1.27. The third-order valence-electron chi connectivity index (χ3n) is 1.44. The first-order valence-corrected chi connectivity index (χ1v) is 4.09. The largest absolute Gasteiger partial charge is 0.381 e. The zero-order chi connectivity index (χ0) is 8.39. The summed E-state index contributed by atoms with van der Waals surface area (Å²) >= 11 is 1.25. The number of aromatic amines is 1. The summed E-state index contributed by atoms with van der Waals surface area (Å²) in [6.07, 6.45) is 2.42. The van der Waals surface area contributed by atoms with E-state index >= 15 is 0 Å². The molecule has 0 saturated heterocycles. The summed E-state index contributed by atoms with van der Waals surface area (Å²) < 4.78 is 3.88. The topological polar surface area (TPSA) is 74.7 Å². The summed E-state index contributed by atoms with van der Waals surface area (Å²) in [5.41, 5.74) is 0.513. The van der Waals surface area contributed by atoms with E-state index in [4.69, 9.17) is 0 Å². The van der Waals surface area contributed by atoms with Crippen molar-refractivity contribution in [3.8, 4) is 0 Å². The van der Waals surface area contributed by atoms with Crippen LogP contribution in [0.1, 0.15) is 16.7 Å². The van der Waals surface area contributed by atoms with Crippen molar-refractivity contribution in [2.24, 2.45) is 0 Å². The van der Waals surface area contributed by atoms with Gasteiger partial charge in [0.25, 0.3) is 0 Å². The number of rotatable bonds is 2. The fourth-order valence-corrected chi connectivity index (χ4v) is 1.44. The van der Waals surface area contributed by atoms with Crippen LogP contribution >= 0.6 is 11.5 Å². The molecule has 0 aliphatic carbocycles. The van der Waals surface area contributed by atoms with E-state index in [-0.39, 0.29) is 0 Å². The van der Waals surface area contributed by atoms with Gasteiger partial charge in [-0.25, -0.2) is 4.37 Å². The highest BCUT2D eigenvalue weighted by Gasteiger charge is 2.13. The molecule has 0 radical (unpaired) electrons. The van der Waals surface area contributed by atoms with E-state index in [0.29, 0.717) is 5.69 Å². The lowest BCUT2D eigenvalue weighted by atomic mass is 10.2. The minimum absolute atomic E-state index is 0.513. The van der Waals surface area contributed by atoms with Crippen molar-refractivity contribution >= 4 is 11.5 Å². The first kappa shape index (κ1) is 7.38. The molecule has 0 aliphatic rings. The minimum Gasteiger partial charge on any atom is -0.381 e. The van der Waals surface area contributed by atoms with E-state index in [9.17, 15) is 5.11 Å². The Kier molecular flexibility index (Phi) is 1.84. The second-order valence-electron chi connectivity index (χ2n) is 2.21. The summed E-state index contributed by atoms with van der Waals surface area (Å²) in [7, 11) is 0. The van der Waals surface area contributed by atoms with Crippen molar-refractivity contribution in [1.29, 1.82) is 0 Å². The Morgan fingerprint density at radius 3 is 3.08 bits per heavy atom. The number of nitrogens with zero attached hydrogens (tertiary/aromatic N) is 3. The van der Waals surface area contributed by atoms with Crippen LogP contribution in [0.2, 0.25) is 0 Å². The van der Waals surface area contributed by atoms with Gasteiger partial charge in [0, 0.05) is 6.20 Å². The molecule has 2 rings (SSSR count). The van der Waals surface area contributed by atoms with Crippen LogP contribution in [-0.4, -0.2) is 24.9 Å². The van der Waals surface area contributed by atoms with Gasteiger partial charge < -0.3 is 5.11 Å². The van der Waals surface area contributed by atoms with E-state index in [1.807, 2.05) is 0 Å². The molecule has 2 heterocycles. The van der Waals surface area contributed by atoms with E-state index in [1.165, 1.54) is 17.7 Å². The average Bonchev–Trinajstić information content (AvgIpc) is 2.77. The number of H-pyrrole nitrogens is 1. The zero-order valence-electron chi connectivity index (χ0n) is 6.01. The third-order valence-corrected chi connectivity index (χ3v) is 2.24. The number of hydrogen-bond donors (Lipinski definition) is 2. The van der Waals surface area contributed by atoms with Gasteiger partial charge in [-0.1, -0.05) is 0 Å². The second-order valence-corrected chi connectivity index (χ2v) is 3.08. The predicted molar refractivity (Wildman–Crippen MR) is 42.6 cm³/mol. The molecule has 2 N–H and O–H groups in total. The van der Waals surface area contributed by atoms with Crippen LogP contribution in [0.25, 0.3) is 0 Å². The first-order chi connectivity index (χ1) is 5.88. The van der Waals surface area contributed by atoms with Gasteiger partial charge in [-0.3, -0.25) is 0 Å². The predicted octanol–water partition coefficient (Wildman–Crippen LogP) is 0.343. The Morgan fingerprint density at radius 2 is 2.50 bits per heavy atom. The fraction of sp³-hybridized carbons (Fsp3) is 0.167. The van der Waals surface area contributed by atoms with E-state index in [2.05, 4.69) is 19.8 Å². The lowest BCUT2D eigenvalue weighted by Crippen LogP contribution is -1.96. The highest BCUT2D eigenvalue weighted by atomic mass is 32.1. The smallest absolute Gasteiger partial charge is 0.135 e. The molecule has 1 atom stereocenters. The Bertz CT molecular complexity index is 296. The molecule has 1 unspecified atom stereocenters. The molecule has 2 aromatic rings. The van der Waals surface area contributed by atoms with E-state index < -0.39 is 6.10 Å². The number of aliphatic hydroxyl groups is 1. The standard InChI is InChI=1S/C6H6N4OS/c11-6(4-3-7-10-9-4)5-1-2-8-12-5/h1-3,6,11H,(H,7,9,10). The van der Waals surface area contributed by atoms with Crippen molar-refractivity contribution in [1.82, 2.24) is 19.8 Å². The summed E-state index contributed by atoms with van der Waals surface area (Å²) in [6, 6.07) is 1.75. The maximum absolute atomic E-state index is 9.62. The molecular weight excluding hydrogens is 176 g/mol. The molecule has 5 nitrogen and oxygen atoms in total. The van der Waals surface area contributed by atoms with Gasteiger partial charge in [0.15, 0.2) is 0 Å². The quantitative estimate of drug-likeness (QED) is 0.702. The van der Waals surface area contributed by atoms with Crippen LogP contribution in [0.5, 0.6) is 0 Å². The Labute approximate surface area is 72.2 Å². The van der Waals surface area contributed by atoms with Crippen molar-refractivity contribution in [3.05, 3.63) is 29.0 Å². The Balaban J connectivity index is 2.27. The molecule has 0 spiro atoms. The van der Waals surface area contributed by atoms with Gasteiger partial charge in [0.2, 0.25) is 0 Å². The fourth-order valence-electron chi connectivity index (χ4n) is 0.855. The molecule has 12 heavy (non-hydrogen) atoms. The highest BCUT2D eigenvalue weighted by molar-refractivity contribution is 7.05. The summed E-state index contributed by atoms with van der Waals surface area (Å²) in [6.45, 7) is 0. The van der Waals surface area contributed by atoms with Gasteiger partial charge in [-0.2, -0.15) is 15.4 Å². The normalized spacial score (nSPS) is 13.1. The molecule has 6 heteroatoms. The molecule has 0 saturated carbocycles. The second kappa shape index (κ2) is 3.00. The van der Waals surface area contributed by atoms with Crippen LogP contribution in [0.3, 0.4) is 0 Å². The molecule has 2 aromatic heterocycles. The van der Waals surface area contributed by atoms with Gasteiger partial charge >= 0.3 is 0 Å². The molecule has 0 aliphatic heterocycles. The molecule has 62 valence electrons. The summed E-state index contributed by atoms with van der Waals surface area (Å²) in [5, 5.41) is 19.4. The molecular formula is C6H6N4OS. The van der Waals surface area contributed by atoms with Crippen LogP contribution in [-0.2, 0) is 0 Å². The van der Waals surface area contributed by atoms with Crippen molar-refractivity contribution in [3.63, 3.8) is 0 Å². The molecule has 0 amide bonds. The number of aromatic nitrogens is 4. The van der Waals surface area contributed by atoms with Crippen molar-refractivity contribution in [2.75, 3.05) is 0 Å². The van der Waals surface area contributed by atoms with Crippen LogP contribution < -0.4 is 0 Å². The Morgan fingerprint density at radius 1 is 1.58 bits per heavy atom. The third kappa shape index (κ3) is 1.21. The lowest BCUT2D eigenvalue weighted by Gasteiger charge is -2.00. The van der Waals surface area contributed by atoms with Gasteiger partial charge in [0.05, 0.1) is 11.1 Å². The van der Waals surface area contributed by atoms with Crippen LogP contribution in [0, 0.1) is 0 Å².